The lowest BCUT2D eigenvalue weighted by Crippen LogP contribution is -2.12. The highest BCUT2D eigenvalue weighted by Gasteiger charge is 2.16. The first kappa shape index (κ1) is 14.8. The van der Waals surface area contributed by atoms with E-state index in [9.17, 15) is 9.18 Å². The van der Waals surface area contributed by atoms with Crippen molar-refractivity contribution in [2.45, 2.75) is 13.8 Å². The Morgan fingerprint density at radius 3 is 2.81 bits per heavy atom. The summed E-state index contributed by atoms with van der Waals surface area (Å²) in [5.74, 6) is 4.68. The quantitative estimate of drug-likeness (QED) is 0.828. The average Bonchev–Trinajstić information content (AvgIpc) is 2.77. The molecule has 1 aromatic heterocycles. The molecule has 2 rings (SSSR count). The average molecular weight is 287 g/mol. The van der Waals surface area contributed by atoms with Gasteiger partial charge in [-0.1, -0.05) is 11.8 Å². The molecule has 108 valence electrons. The van der Waals surface area contributed by atoms with E-state index in [1.807, 2.05) is 0 Å². The van der Waals surface area contributed by atoms with E-state index >= 15 is 0 Å². The van der Waals surface area contributed by atoms with Gasteiger partial charge >= 0.3 is 0 Å². The molecule has 0 aliphatic carbocycles. The number of oxazole rings is 1. The fourth-order valence-corrected chi connectivity index (χ4v) is 1.77. The molecular formula is C15H14FN3O2. The molecule has 0 unspecified atom stereocenters. The van der Waals surface area contributed by atoms with Crippen molar-refractivity contribution in [2.24, 2.45) is 5.73 Å². The lowest BCUT2D eigenvalue weighted by Gasteiger charge is -2.04. The lowest BCUT2D eigenvalue weighted by atomic mass is 10.2. The van der Waals surface area contributed by atoms with Gasteiger partial charge in [-0.2, -0.15) is 0 Å². The minimum Gasteiger partial charge on any atom is -0.436 e. The Bertz CT molecular complexity index is 741. The molecule has 2 aromatic rings. The van der Waals surface area contributed by atoms with Crippen LogP contribution in [-0.2, 0) is 0 Å². The van der Waals surface area contributed by atoms with E-state index in [0.29, 0.717) is 17.3 Å². The molecule has 0 aliphatic rings. The maximum Gasteiger partial charge on any atom is 0.293 e. The van der Waals surface area contributed by atoms with Gasteiger partial charge in [-0.3, -0.25) is 4.79 Å². The Hall–Kier alpha value is -2.65. The molecule has 0 fully saturated rings. The van der Waals surface area contributed by atoms with Gasteiger partial charge < -0.3 is 15.5 Å². The van der Waals surface area contributed by atoms with Crippen molar-refractivity contribution >= 4 is 11.6 Å². The summed E-state index contributed by atoms with van der Waals surface area (Å²) in [6.07, 6.45) is 0. The molecule has 5 nitrogen and oxygen atoms in total. The highest BCUT2D eigenvalue weighted by atomic mass is 19.1. The monoisotopic (exact) mass is 287 g/mol. The first-order chi connectivity index (χ1) is 10.0. The number of carbonyl (C=O) groups is 1. The summed E-state index contributed by atoms with van der Waals surface area (Å²) in [4.78, 5) is 16.0. The molecule has 21 heavy (non-hydrogen) atoms. The van der Waals surface area contributed by atoms with Gasteiger partial charge in [0.05, 0.1) is 17.8 Å². The molecule has 6 heteroatoms. The smallest absolute Gasteiger partial charge is 0.293 e. The highest BCUT2D eigenvalue weighted by Crippen LogP contribution is 2.16. The number of hydrogen-bond acceptors (Lipinski definition) is 4. The summed E-state index contributed by atoms with van der Waals surface area (Å²) in [6.45, 7) is 3.47. The van der Waals surface area contributed by atoms with E-state index in [1.54, 1.807) is 19.9 Å². The lowest BCUT2D eigenvalue weighted by molar-refractivity contribution is 0.0994. The molecule has 0 bridgehead atoms. The fraction of sp³-hybridized carbons (Fsp3) is 0.200. The van der Waals surface area contributed by atoms with E-state index in [4.69, 9.17) is 10.2 Å². The van der Waals surface area contributed by atoms with Gasteiger partial charge in [-0.15, -0.1) is 0 Å². The molecule has 0 atom stereocenters. The van der Waals surface area contributed by atoms with Crippen molar-refractivity contribution in [1.82, 2.24) is 4.98 Å². The van der Waals surface area contributed by atoms with Crippen LogP contribution in [0, 0.1) is 31.5 Å². The van der Waals surface area contributed by atoms with E-state index < -0.39 is 11.7 Å². The number of nitrogens with two attached hydrogens (primary N) is 1. The SMILES string of the molecule is Cc1nc(C)c(C(=O)Nc2ccc(C#CCN)c(F)c2)o1. The highest BCUT2D eigenvalue weighted by molar-refractivity contribution is 6.02. The molecular weight excluding hydrogens is 273 g/mol. The summed E-state index contributed by atoms with van der Waals surface area (Å²) in [5.41, 5.74) is 6.25. The number of rotatable bonds is 2. The molecule has 0 spiro atoms. The number of benzene rings is 1. The van der Waals surface area contributed by atoms with Crippen LogP contribution in [0.5, 0.6) is 0 Å². The van der Waals surface area contributed by atoms with E-state index in [2.05, 4.69) is 22.1 Å². The van der Waals surface area contributed by atoms with Crippen LogP contribution in [-0.4, -0.2) is 17.4 Å². The van der Waals surface area contributed by atoms with Crippen molar-refractivity contribution < 1.29 is 13.6 Å². The second-order valence-corrected chi connectivity index (χ2v) is 4.30. The number of aromatic nitrogens is 1. The maximum atomic E-state index is 13.8. The van der Waals surface area contributed by atoms with Gasteiger partial charge in [0.2, 0.25) is 5.76 Å². The van der Waals surface area contributed by atoms with E-state index in [-0.39, 0.29) is 17.9 Å². The third-order valence-electron chi connectivity index (χ3n) is 2.66. The van der Waals surface area contributed by atoms with Crippen LogP contribution >= 0.6 is 0 Å². The molecule has 1 amide bonds. The summed E-state index contributed by atoms with van der Waals surface area (Å²) >= 11 is 0. The minimum absolute atomic E-state index is 0.111. The molecule has 1 aromatic carbocycles. The number of amides is 1. The number of aryl methyl sites for hydroxylation is 2. The van der Waals surface area contributed by atoms with E-state index in [0.717, 1.165) is 0 Å². The first-order valence-electron chi connectivity index (χ1n) is 6.25. The first-order valence-corrected chi connectivity index (χ1v) is 6.25. The summed E-state index contributed by atoms with van der Waals surface area (Å²) in [5, 5.41) is 2.55. The zero-order valence-electron chi connectivity index (χ0n) is 11.7. The molecule has 0 saturated carbocycles. The molecule has 1 heterocycles. The van der Waals surface area contributed by atoms with Crippen molar-refractivity contribution in [1.29, 1.82) is 0 Å². The largest absolute Gasteiger partial charge is 0.436 e. The Kier molecular flexibility index (Phi) is 4.36. The third kappa shape index (κ3) is 3.46. The number of halogens is 1. The maximum absolute atomic E-state index is 13.8. The van der Waals surface area contributed by atoms with Crippen molar-refractivity contribution in [3.63, 3.8) is 0 Å². The third-order valence-corrected chi connectivity index (χ3v) is 2.66. The van der Waals surface area contributed by atoms with Crippen LogP contribution in [0.4, 0.5) is 10.1 Å². The van der Waals surface area contributed by atoms with Gasteiger partial charge in [-0.05, 0) is 25.1 Å². The van der Waals surface area contributed by atoms with Gasteiger partial charge in [0.1, 0.15) is 5.82 Å². The van der Waals surface area contributed by atoms with Gasteiger partial charge in [0.15, 0.2) is 5.89 Å². The molecule has 0 radical (unpaired) electrons. The minimum atomic E-state index is -0.528. The topological polar surface area (TPSA) is 81.2 Å². The number of carbonyl (C=O) groups excluding carboxylic acids is 1. The molecule has 0 saturated heterocycles. The van der Waals surface area contributed by atoms with Crippen LogP contribution in [0.3, 0.4) is 0 Å². The Morgan fingerprint density at radius 2 is 2.24 bits per heavy atom. The molecule has 0 aliphatic heterocycles. The van der Waals surface area contributed by atoms with Crippen LogP contribution in [0.1, 0.15) is 27.7 Å². The van der Waals surface area contributed by atoms with Crippen molar-refractivity contribution in [3.8, 4) is 11.8 Å². The summed E-state index contributed by atoms with van der Waals surface area (Å²) in [7, 11) is 0. The zero-order chi connectivity index (χ0) is 15.4. The molecule has 3 N–H and O–H groups in total. The Balaban J connectivity index is 2.18. The number of nitrogens with zero attached hydrogens (tertiary/aromatic N) is 1. The van der Waals surface area contributed by atoms with Crippen molar-refractivity contribution in [2.75, 3.05) is 11.9 Å². The van der Waals surface area contributed by atoms with Gasteiger partial charge in [0, 0.05) is 12.6 Å². The normalized spacial score (nSPS) is 9.90. The van der Waals surface area contributed by atoms with Crippen LogP contribution < -0.4 is 11.1 Å². The second kappa shape index (κ2) is 6.20. The number of hydrogen-bond donors (Lipinski definition) is 2. The zero-order valence-corrected chi connectivity index (χ0v) is 11.7. The summed E-state index contributed by atoms with van der Waals surface area (Å²) < 4.78 is 19.0. The Morgan fingerprint density at radius 1 is 1.48 bits per heavy atom. The number of anilines is 1. The van der Waals surface area contributed by atoms with Crippen LogP contribution in [0.15, 0.2) is 22.6 Å². The fourth-order valence-electron chi connectivity index (χ4n) is 1.77. The predicted molar refractivity (Wildman–Crippen MR) is 76.3 cm³/mol. The van der Waals surface area contributed by atoms with Gasteiger partial charge in [-0.25, -0.2) is 9.37 Å². The number of nitrogens with one attached hydrogen (secondary N) is 1. The second-order valence-electron chi connectivity index (χ2n) is 4.30. The van der Waals surface area contributed by atoms with E-state index in [1.165, 1.54) is 12.1 Å². The van der Waals surface area contributed by atoms with Gasteiger partial charge in [0.25, 0.3) is 5.91 Å². The van der Waals surface area contributed by atoms with Crippen LogP contribution in [0.2, 0.25) is 0 Å². The standard InChI is InChI=1S/C15H14FN3O2/c1-9-14(21-10(2)18-9)15(20)19-12-6-5-11(4-3-7-17)13(16)8-12/h5-6,8H,7,17H2,1-2H3,(H,19,20). The predicted octanol–water partition coefficient (Wildman–Crippen LogP) is 1.99. The Labute approximate surface area is 121 Å². The summed E-state index contributed by atoms with van der Waals surface area (Å²) in [6, 6.07) is 4.23. The van der Waals surface area contributed by atoms with Crippen LogP contribution in [0.25, 0.3) is 0 Å². The van der Waals surface area contributed by atoms with Crippen molar-refractivity contribution in [3.05, 3.63) is 46.9 Å².